The number of primary amides is 1. The number of hydrogen-bond acceptors (Lipinski definition) is 4. The lowest BCUT2D eigenvalue weighted by atomic mass is 10.0. The van der Waals surface area contributed by atoms with Gasteiger partial charge in [0.1, 0.15) is 6.23 Å². The highest BCUT2D eigenvalue weighted by atomic mass is 32.1. The van der Waals surface area contributed by atoms with Crippen molar-refractivity contribution in [2.75, 3.05) is 0 Å². The number of aliphatic hydroxyl groups excluding tert-OH is 1. The van der Waals surface area contributed by atoms with Gasteiger partial charge in [0.15, 0.2) is 0 Å². The zero-order valence-electron chi connectivity index (χ0n) is 8.91. The van der Waals surface area contributed by atoms with Gasteiger partial charge in [-0.1, -0.05) is 13.8 Å². The largest absolute Gasteiger partial charge is 0.374 e. The van der Waals surface area contributed by atoms with E-state index >= 15 is 0 Å². The second kappa shape index (κ2) is 4.74. The second-order valence-corrected chi connectivity index (χ2v) is 4.32. The van der Waals surface area contributed by atoms with Crippen molar-refractivity contribution in [3.63, 3.8) is 0 Å². The molecule has 0 saturated carbocycles. The SMILES string of the molecule is CCc1c(C(N)=O)sc(C(N)O)c1CC. The summed E-state index contributed by atoms with van der Waals surface area (Å²) in [5.74, 6) is -0.446. The molecule has 1 aromatic rings. The summed E-state index contributed by atoms with van der Waals surface area (Å²) in [4.78, 5) is 12.4. The van der Waals surface area contributed by atoms with Gasteiger partial charge in [-0.3, -0.25) is 4.79 Å². The first-order valence-corrected chi connectivity index (χ1v) is 5.72. The molecule has 0 spiro atoms. The number of carbonyl (C=O) groups is 1. The van der Waals surface area contributed by atoms with E-state index in [0.717, 1.165) is 24.0 Å². The average molecular weight is 228 g/mol. The van der Waals surface area contributed by atoms with Crippen LogP contribution in [-0.2, 0) is 12.8 Å². The third-order valence-electron chi connectivity index (χ3n) is 2.35. The van der Waals surface area contributed by atoms with Crippen LogP contribution >= 0.6 is 11.3 Å². The number of nitrogens with two attached hydrogens (primary N) is 2. The molecule has 1 aromatic heterocycles. The lowest BCUT2D eigenvalue weighted by molar-refractivity contribution is 0.100. The van der Waals surface area contributed by atoms with Gasteiger partial charge in [0.05, 0.1) is 9.75 Å². The van der Waals surface area contributed by atoms with Crippen LogP contribution in [0.5, 0.6) is 0 Å². The molecular formula is C10H16N2O2S. The Labute approximate surface area is 92.9 Å². The normalized spacial score (nSPS) is 12.8. The van der Waals surface area contributed by atoms with Gasteiger partial charge in [-0.2, -0.15) is 0 Å². The fraction of sp³-hybridized carbons (Fsp3) is 0.500. The Kier molecular flexibility index (Phi) is 3.84. The number of carbonyl (C=O) groups excluding carboxylic acids is 1. The standard InChI is InChI=1S/C10H16N2O2S/c1-3-5-6(4-2)8(10(12)14)15-7(5)9(11)13/h9,13H,3-4,11H2,1-2H3,(H2,12,14). The highest BCUT2D eigenvalue weighted by Crippen LogP contribution is 2.32. The fourth-order valence-electron chi connectivity index (χ4n) is 1.72. The number of rotatable bonds is 4. The molecule has 0 saturated heterocycles. The van der Waals surface area contributed by atoms with Crippen LogP contribution in [0.1, 0.15) is 45.8 Å². The minimum Gasteiger partial charge on any atom is -0.374 e. The Morgan fingerprint density at radius 3 is 2.27 bits per heavy atom. The molecule has 0 aliphatic carbocycles. The fourth-order valence-corrected chi connectivity index (χ4v) is 2.94. The van der Waals surface area contributed by atoms with E-state index in [2.05, 4.69) is 0 Å². The highest BCUT2D eigenvalue weighted by Gasteiger charge is 2.21. The maximum atomic E-state index is 11.2. The molecule has 84 valence electrons. The van der Waals surface area contributed by atoms with Crippen LogP contribution in [0.15, 0.2) is 0 Å². The van der Waals surface area contributed by atoms with E-state index in [4.69, 9.17) is 11.5 Å². The molecule has 1 atom stereocenters. The van der Waals surface area contributed by atoms with Crippen LogP contribution in [0.4, 0.5) is 0 Å². The van der Waals surface area contributed by atoms with E-state index in [9.17, 15) is 9.90 Å². The topological polar surface area (TPSA) is 89.3 Å². The van der Waals surface area contributed by atoms with Gasteiger partial charge < -0.3 is 16.6 Å². The number of aliphatic hydroxyl groups is 1. The minimum absolute atomic E-state index is 0.446. The minimum atomic E-state index is -1.02. The van der Waals surface area contributed by atoms with Crippen LogP contribution in [0.25, 0.3) is 0 Å². The maximum Gasteiger partial charge on any atom is 0.259 e. The van der Waals surface area contributed by atoms with Crippen molar-refractivity contribution in [1.82, 2.24) is 0 Å². The molecule has 0 aromatic carbocycles. The van der Waals surface area contributed by atoms with E-state index in [0.29, 0.717) is 9.75 Å². The number of amides is 1. The molecule has 0 aliphatic rings. The molecule has 0 aliphatic heterocycles. The molecule has 1 rings (SSSR count). The molecule has 5 N–H and O–H groups in total. The van der Waals surface area contributed by atoms with Crippen molar-refractivity contribution < 1.29 is 9.90 Å². The summed E-state index contributed by atoms with van der Waals surface area (Å²) < 4.78 is 0. The molecule has 0 radical (unpaired) electrons. The average Bonchev–Trinajstić information content (AvgIpc) is 2.55. The third-order valence-corrected chi connectivity index (χ3v) is 3.71. The molecular weight excluding hydrogens is 212 g/mol. The monoisotopic (exact) mass is 228 g/mol. The molecule has 1 amide bonds. The van der Waals surface area contributed by atoms with Crippen LogP contribution in [0.2, 0.25) is 0 Å². The lowest BCUT2D eigenvalue weighted by Gasteiger charge is -2.05. The second-order valence-electron chi connectivity index (χ2n) is 3.27. The number of hydrogen-bond donors (Lipinski definition) is 3. The smallest absolute Gasteiger partial charge is 0.259 e. The molecule has 5 heteroatoms. The Morgan fingerprint density at radius 1 is 1.40 bits per heavy atom. The van der Waals surface area contributed by atoms with Crippen molar-refractivity contribution in [3.8, 4) is 0 Å². The maximum absolute atomic E-state index is 11.2. The molecule has 1 unspecified atom stereocenters. The Morgan fingerprint density at radius 2 is 1.93 bits per heavy atom. The highest BCUT2D eigenvalue weighted by molar-refractivity contribution is 7.14. The summed E-state index contributed by atoms with van der Waals surface area (Å²) in [5, 5.41) is 9.39. The first-order valence-electron chi connectivity index (χ1n) is 4.90. The van der Waals surface area contributed by atoms with Crippen molar-refractivity contribution >= 4 is 17.2 Å². The Bertz CT molecular complexity index is 372. The zero-order chi connectivity index (χ0) is 11.6. The predicted molar refractivity (Wildman–Crippen MR) is 60.7 cm³/mol. The first-order chi connectivity index (χ1) is 7.02. The van der Waals surface area contributed by atoms with Crippen LogP contribution < -0.4 is 11.5 Å². The van der Waals surface area contributed by atoms with Gasteiger partial charge in [0.25, 0.3) is 5.91 Å². The van der Waals surface area contributed by atoms with Crippen LogP contribution in [-0.4, -0.2) is 11.0 Å². The van der Waals surface area contributed by atoms with E-state index in [1.54, 1.807) is 0 Å². The van der Waals surface area contributed by atoms with Crippen molar-refractivity contribution in [1.29, 1.82) is 0 Å². The summed E-state index contributed by atoms with van der Waals surface area (Å²) in [6, 6.07) is 0. The van der Waals surface area contributed by atoms with Gasteiger partial charge in [-0.05, 0) is 24.0 Å². The van der Waals surface area contributed by atoms with Gasteiger partial charge in [0.2, 0.25) is 0 Å². The molecule has 15 heavy (non-hydrogen) atoms. The Balaban J connectivity index is 3.37. The van der Waals surface area contributed by atoms with E-state index in [1.165, 1.54) is 11.3 Å². The van der Waals surface area contributed by atoms with Crippen molar-refractivity contribution in [3.05, 3.63) is 20.9 Å². The Hall–Kier alpha value is -0.910. The van der Waals surface area contributed by atoms with Gasteiger partial charge in [0, 0.05) is 0 Å². The summed E-state index contributed by atoms with van der Waals surface area (Å²) >= 11 is 1.20. The quantitative estimate of drug-likeness (QED) is 0.669. The predicted octanol–water partition coefficient (Wildman–Crippen LogP) is 0.921. The van der Waals surface area contributed by atoms with Crippen molar-refractivity contribution in [2.45, 2.75) is 32.9 Å². The van der Waals surface area contributed by atoms with Gasteiger partial charge in [-0.25, -0.2) is 0 Å². The van der Waals surface area contributed by atoms with E-state index in [-0.39, 0.29) is 0 Å². The van der Waals surface area contributed by atoms with E-state index < -0.39 is 12.1 Å². The molecule has 0 fully saturated rings. The van der Waals surface area contributed by atoms with Crippen molar-refractivity contribution in [2.24, 2.45) is 11.5 Å². The van der Waals surface area contributed by atoms with Gasteiger partial charge >= 0.3 is 0 Å². The lowest BCUT2D eigenvalue weighted by Crippen LogP contribution is -2.11. The summed E-state index contributed by atoms with van der Waals surface area (Å²) in [6.45, 7) is 3.93. The molecule has 0 bridgehead atoms. The zero-order valence-corrected chi connectivity index (χ0v) is 9.73. The van der Waals surface area contributed by atoms with Crippen LogP contribution in [0, 0.1) is 0 Å². The van der Waals surface area contributed by atoms with Crippen LogP contribution in [0.3, 0.4) is 0 Å². The third kappa shape index (κ3) is 2.19. The summed E-state index contributed by atoms with van der Waals surface area (Å²) in [7, 11) is 0. The van der Waals surface area contributed by atoms with E-state index in [1.807, 2.05) is 13.8 Å². The number of thiophene rings is 1. The molecule has 1 heterocycles. The molecule has 4 nitrogen and oxygen atoms in total. The summed E-state index contributed by atoms with van der Waals surface area (Å²) in [6.07, 6.45) is 0.449. The van der Waals surface area contributed by atoms with Gasteiger partial charge in [-0.15, -0.1) is 11.3 Å². The summed E-state index contributed by atoms with van der Waals surface area (Å²) in [5.41, 5.74) is 12.6. The first kappa shape index (κ1) is 12.2.